The van der Waals surface area contributed by atoms with E-state index in [4.69, 9.17) is 5.84 Å². The number of thioether (sulfide) groups is 1. The van der Waals surface area contributed by atoms with Crippen LogP contribution in [0.25, 0.3) is 0 Å². The van der Waals surface area contributed by atoms with Crippen LogP contribution in [0.5, 0.6) is 0 Å². The van der Waals surface area contributed by atoms with E-state index in [-0.39, 0.29) is 9.64 Å². The average molecular weight is 301 g/mol. The van der Waals surface area contributed by atoms with E-state index in [0.717, 1.165) is 5.75 Å². The molecule has 0 radical (unpaired) electrons. The number of rotatable bonds is 3. The van der Waals surface area contributed by atoms with Crippen molar-refractivity contribution in [2.45, 2.75) is 23.5 Å². The van der Waals surface area contributed by atoms with Gasteiger partial charge in [-0.3, -0.25) is 5.84 Å². The van der Waals surface area contributed by atoms with Gasteiger partial charge in [-0.2, -0.15) is 16.1 Å². The highest BCUT2D eigenvalue weighted by Crippen LogP contribution is 2.33. The van der Waals surface area contributed by atoms with Gasteiger partial charge in [0.2, 0.25) is 10.0 Å². The maximum Gasteiger partial charge on any atom is 0.245 e. The average Bonchev–Trinajstić information content (AvgIpc) is 2.37. The molecular weight excluding hydrogens is 282 g/mol. The maximum atomic E-state index is 12.7. The second-order valence-corrected chi connectivity index (χ2v) is 8.80. The number of anilines is 1. The van der Waals surface area contributed by atoms with E-state index >= 15 is 0 Å². The second kappa shape index (κ2) is 5.32. The van der Waals surface area contributed by atoms with E-state index in [9.17, 15) is 8.42 Å². The highest BCUT2D eigenvalue weighted by molar-refractivity contribution is 8.00. The van der Waals surface area contributed by atoms with Crippen molar-refractivity contribution in [1.29, 1.82) is 0 Å². The standard InChI is InChI=1S/C12H19N3O2S2/c1-12(2)9-15(7-8-18-12)19(16,17)11-6-4-3-5-10(11)14-13/h3-6,14H,7-9,13H2,1-2H3. The van der Waals surface area contributed by atoms with E-state index in [1.54, 1.807) is 40.3 Å². The third-order valence-corrected chi connectivity index (χ3v) is 6.25. The van der Waals surface area contributed by atoms with Gasteiger partial charge >= 0.3 is 0 Å². The Balaban J connectivity index is 2.37. The van der Waals surface area contributed by atoms with E-state index in [1.807, 2.05) is 0 Å². The zero-order valence-corrected chi connectivity index (χ0v) is 12.7. The van der Waals surface area contributed by atoms with Crippen LogP contribution in [-0.4, -0.2) is 36.3 Å². The lowest BCUT2D eigenvalue weighted by Crippen LogP contribution is -2.46. The molecule has 0 aliphatic carbocycles. The normalized spacial score (nSPS) is 20.2. The van der Waals surface area contributed by atoms with Gasteiger partial charge in [0.1, 0.15) is 4.90 Å². The van der Waals surface area contributed by atoms with Crippen LogP contribution < -0.4 is 11.3 Å². The molecule has 0 bridgehead atoms. The number of benzene rings is 1. The summed E-state index contributed by atoms with van der Waals surface area (Å²) in [6.45, 7) is 5.17. The lowest BCUT2D eigenvalue weighted by molar-refractivity contribution is 0.388. The zero-order chi connectivity index (χ0) is 14.1. The van der Waals surface area contributed by atoms with Gasteiger partial charge < -0.3 is 5.43 Å². The Morgan fingerprint density at radius 3 is 2.68 bits per heavy atom. The fraction of sp³-hybridized carbons (Fsp3) is 0.500. The van der Waals surface area contributed by atoms with Crippen molar-refractivity contribution in [3.05, 3.63) is 24.3 Å². The van der Waals surface area contributed by atoms with Gasteiger partial charge in [0, 0.05) is 23.6 Å². The summed E-state index contributed by atoms with van der Waals surface area (Å²) >= 11 is 1.80. The number of hydrogen-bond donors (Lipinski definition) is 2. The molecule has 1 aromatic carbocycles. The molecule has 0 saturated carbocycles. The molecule has 106 valence electrons. The van der Waals surface area contributed by atoms with Crippen LogP contribution in [0.1, 0.15) is 13.8 Å². The number of nitrogens with zero attached hydrogens (tertiary/aromatic N) is 1. The van der Waals surface area contributed by atoms with Crippen LogP contribution in [0.15, 0.2) is 29.2 Å². The molecule has 1 aromatic rings. The molecule has 7 heteroatoms. The number of hydrazine groups is 1. The van der Waals surface area contributed by atoms with Gasteiger partial charge in [0.15, 0.2) is 0 Å². The zero-order valence-electron chi connectivity index (χ0n) is 11.1. The second-order valence-electron chi connectivity index (χ2n) is 5.09. The van der Waals surface area contributed by atoms with Gasteiger partial charge in [-0.25, -0.2) is 8.42 Å². The minimum Gasteiger partial charge on any atom is -0.323 e. The topological polar surface area (TPSA) is 75.4 Å². The number of nitrogens with two attached hydrogens (primary N) is 1. The third kappa shape index (κ3) is 3.05. The Hall–Kier alpha value is -0.760. The highest BCUT2D eigenvalue weighted by atomic mass is 32.2. The molecule has 0 unspecified atom stereocenters. The number of hydrogen-bond acceptors (Lipinski definition) is 5. The predicted molar refractivity (Wildman–Crippen MR) is 79.5 cm³/mol. The lowest BCUT2D eigenvalue weighted by atomic mass is 10.2. The smallest absolute Gasteiger partial charge is 0.245 e. The SMILES string of the molecule is CC1(C)CN(S(=O)(=O)c2ccccc2NN)CCS1. The number of nitrogen functional groups attached to an aromatic ring is 1. The van der Waals surface area contributed by atoms with Crippen LogP contribution in [-0.2, 0) is 10.0 Å². The van der Waals surface area contributed by atoms with Gasteiger partial charge in [-0.05, 0) is 26.0 Å². The molecule has 1 aliphatic rings. The summed E-state index contributed by atoms with van der Waals surface area (Å²) in [5.74, 6) is 6.20. The number of sulfonamides is 1. The molecular formula is C12H19N3O2S2. The molecule has 3 N–H and O–H groups in total. The van der Waals surface area contributed by atoms with E-state index in [1.165, 1.54) is 0 Å². The van der Waals surface area contributed by atoms with Gasteiger partial charge in [0.25, 0.3) is 0 Å². The van der Waals surface area contributed by atoms with Crippen LogP contribution in [0.2, 0.25) is 0 Å². The fourth-order valence-corrected chi connectivity index (χ4v) is 5.19. The van der Waals surface area contributed by atoms with Crippen molar-refractivity contribution in [2.75, 3.05) is 24.3 Å². The van der Waals surface area contributed by atoms with Crippen LogP contribution in [0.3, 0.4) is 0 Å². The van der Waals surface area contributed by atoms with Crippen LogP contribution >= 0.6 is 11.8 Å². The minimum atomic E-state index is -3.50. The first kappa shape index (κ1) is 14.6. The van der Waals surface area contributed by atoms with Gasteiger partial charge in [0.05, 0.1) is 5.69 Å². The van der Waals surface area contributed by atoms with Crippen LogP contribution in [0.4, 0.5) is 5.69 Å². The highest BCUT2D eigenvalue weighted by Gasteiger charge is 2.35. The minimum absolute atomic E-state index is 0.0591. The Bertz CT molecular complexity index is 558. The molecule has 2 rings (SSSR count). The Kier molecular flexibility index (Phi) is 4.10. The van der Waals surface area contributed by atoms with Crippen molar-refractivity contribution in [3.8, 4) is 0 Å². The summed E-state index contributed by atoms with van der Waals surface area (Å²) in [6, 6.07) is 6.71. The molecule has 0 spiro atoms. The number of nitrogens with one attached hydrogen (secondary N) is 1. The van der Waals surface area contributed by atoms with Crippen LogP contribution in [0, 0.1) is 0 Å². The molecule has 1 aliphatic heterocycles. The quantitative estimate of drug-likeness (QED) is 0.653. The van der Waals surface area contributed by atoms with Gasteiger partial charge in [-0.15, -0.1) is 0 Å². The monoisotopic (exact) mass is 301 g/mol. The van der Waals surface area contributed by atoms with Crippen molar-refractivity contribution in [1.82, 2.24) is 4.31 Å². The van der Waals surface area contributed by atoms with Crippen molar-refractivity contribution < 1.29 is 8.42 Å². The van der Waals surface area contributed by atoms with Crippen molar-refractivity contribution >= 4 is 27.5 Å². The molecule has 0 atom stereocenters. The Labute approximate surface area is 118 Å². The summed E-state index contributed by atoms with van der Waals surface area (Å²) in [5.41, 5.74) is 2.88. The number of para-hydroxylation sites is 1. The first-order valence-corrected chi connectivity index (χ1v) is 8.49. The molecule has 0 aromatic heterocycles. The molecule has 1 heterocycles. The van der Waals surface area contributed by atoms with E-state index in [2.05, 4.69) is 19.3 Å². The summed E-state index contributed by atoms with van der Waals surface area (Å²) in [5, 5.41) is 0. The van der Waals surface area contributed by atoms with Gasteiger partial charge in [-0.1, -0.05) is 12.1 Å². The summed E-state index contributed by atoms with van der Waals surface area (Å²) in [6.07, 6.45) is 0. The van der Waals surface area contributed by atoms with E-state index < -0.39 is 10.0 Å². The first-order valence-electron chi connectivity index (χ1n) is 6.06. The molecule has 19 heavy (non-hydrogen) atoms. The Morgan fingerprint density at radius 2 is 2.05 bits per heavy atom. The summed E-state index contributed by atoms with van der Waals surface area (Å²) in [7, 11) is -3.50. The molecule has 5 nitrogen and oxygen atoms in total. The summed E-state index contributed by atoms with van der Waals surface area (Å²) in [4.78, 5) is 0.236. The Morgan fingerprint density at radius 1 is 1.37 bits per heavy atom. The fourth-order valence-electron chi connectivity index (χ4n) is 2.13. The first-order chi connectivity index (χ1) is 8.87. The lowest BCUT2D eigenvalue weighted by Gasteiger charge is -2.36. The van der Waals surface area contributed by atoms with E-state index in [0.29, 0.717) is 18.8 Å². The molecule has 1 fully saturated rings. The van der Waals surface area contributed by atoms with Crippen molar-refractivity contribution in [2.24, 2.45) is 5.84 Å². The largest absolute Gasteiger partial charge is 0.323 e. The molecule has 0 amide bonds. The summed E-state index contributed by atoms with van der Waals surface area (Å²) < 4.78 is 26.8. The van der Waals surface area contributed by atoms with Crippen molar-refractivity contribution in [3.63, 3.8) is 0 Å². The third-order valence-electron chi connectivity index (χ3n) is 3.05. The maximum absolute atomic E-state index is 12.7. The molecule has 1 saturated heterocycles. The predicted octanol–water partition coefficient (Wildman–Crippen LogP) is 1.49.